The highest BCUT2D eigenvalue weighted by Crippen LogP contribution is 2.57. The predicted octanol–water partition coefficient (Wildman–Crippen LogP) is 0.976. The zero-order chi connectivity index (χ0) is 15.4. The molecule has 1 N–H and O–H groups in total. The molecular formula is C14H18N2O4S. The monoisotopic (exact) mass is 310 g/mol. The lowest BCUT2D eigenvalue weighted by atomic mass is 10.2. The topological polar surface area (TPSA) is 75.7 Å². The van der Waals surface area contributed by atoms with Gasteiger partial charge in [-0.25, -0.2) is 12.7 Å². The normalized spacial score (nSPS) is 29.8. The number of sulfonamides is 1. The van der Waals surface area contributed by atoms with Crippen molar-refractivity contribution in [2.45, 2.75) is 18.1 Å². The molecule has 1 heterocycles. The second-order valence-electron chi connectivity index (χ2n) is 5.71. The molecule has 3 rings (SSSR count). The number of carbonyl (C=O) groups excluding carboxylic acids is 1. The Hall–Kier alpha value is -1.60. The summed E-state index contributed by atoms with van der Waals surface area (Å²) in [6.07, 6.45) is 0.417. The van der Waals surface area contributed by atoms with Gasteiger partial charge in [0.15, 0.2) is 4.75 Å². The highest BCUT2D eigenvalue weighted by molar-refractivity contribution is 7.92. The lowest BCUT2D eigenvalue weighted by molar-refractivity contribution is -0.116. The van der Waals surface area contributed by atoms with Crippen molar-refractivity contribution in [3.05, 3.63) is 23.8 Å². The first kappa shape index (κ1) is 14.3. The van der Waals surface area contributed by atoms with Gasteiger partial charge in [0.2, 0.25) is 15.9 Å². The van der Waals surface area contributed by atoms with Gasteiger partial charge in [0.05, 0.1) is 7.11 Å². The van der Waals surface area contributed by atoms with E-state index in [1.807, 2.05) is 6.92 Å². The molecule has 2 atom stereocenters. The summed E-state index contributed by atoms with van der Waals surface area (Å²) >= 11 is 0. The van der Waals surface area contributed by atoms with E-state index in [2.05, 4.69) is 5.32 Å². The van der Waals surface area contributed by atoms with Crippen LogP contribution in [0, 0.1) is 12.8 Å². The fourth-order valence-electron chi connectivity index (χ4n) is 3.05. The van der Waals surface area contributed by atoms with Gasteiger partial charge < -0.3 is 10.1 Å². The number of fused-ring (bicyclic) bond motifs is 1. The van der Waals surface area contributed by atoms with Crippen LogP contribution in [0.15, 0.2) is 18.2 Å². The van der Waals surface area contributed by atoms with Gasteiger partial charge in [-0.1, -0.05) is 0 Å². The van der Waals surface area contributed by atoms with E-state index in [1.54, 1.807) is 25.3 Å². The van der Waals surface area contributed by atoms with Gasteiger partial charge in [-0.2, -0.15) is 0 Å². The third-order valence-electron chi connectivity index (χ3n) is 4.46. The minimum atomic E-state index is -3.54. The highest BCUT2D eigenvalue weighted by atomic mass is 32.2. The van der Waals surface area contributed by atoms with Gasteiger partial charge in [0.1, 0.15) is 5.75 Å². The van der Waals surface area contributed by atoms with E-state index in [0.29, 0.717) is 24.4 Å². The number of ether oxygens (including phenoxy) is 1. The molecule has 21 heavy (non-hydrogen) atoms. The average Bonchev–Trinajstić information content (AvgIpc) is 3.12. The summed E-state index contributed by atoms with van der Waals surface area (Å²) in [5.41, 5.74) is 1.45. The fraction of sp³-hybridized carbons (Fsp3) is 0.500. The Balaban J connectivity index is 1.86. The van der Waals surface area contributed by atoms with Crippen LogP contribution in [0.4, 0.5) is 5.69 Å². The van der Waals surface area contributed by atoms with Crippen LogP contribution in [0.5, 0.6) is 5.75 Å². The van der Waals surface area contributed by atoms with Crippen LogP contribution in [0.3, 0.4) is 0 Å². The lowest BCUT2D eigenvalue weighted by Gasteiger charge is -2.18. The molecule has 2 unspecified atom stereocenters. The van der Waals surface area contributed by atoms with Gasteiger partial charge >= 0.3 is 0 Å². The highest BCUT2D eigenvalue weighted by Gasteiger charge is 2.74. The predicted molar refractivity (Wildman–Crippen MR) is 78.7 cm³/mol. The Kier molecular flexibility index (Phi) is 3.04. The second kappa shape index (κ2) is 4.45. The van der Waals surface area contributed by atoms with Crippen molar-refractivity contribution in [3.8, 4) is 5.75 Å². The molecule has 1 aromatic carbocycles. The number of anilines is 1. The molecule has 114 valence electrons. The van der Waals surface area contributed by atoms with Crippen LogP contribution < -0.4 is 10.1 Å². The van der Waals surface area contributed by atoms with Crippen molar-refractivity contribution in [1.82, 2.24) is 4.31 Å². The first-order valence-electron chi connectivity index (χ1n) is 6.75. The molecule has 0 bridgehead atoms. The Morgan fingerprint density at radius 1 is 1.48 bits per heavy atom. The number of benzene rings is 1. The van der Waals surface area contributed by atoms with Crippen LogP contribution in [-0.4, -0.2) is 44.1 Å². The number of hydrogen-bond acceptors (Lipinski definition) is 4. The van der Waals surface area contributed by atoms with Crippen molar-refractivity contribution < 1.29 is 17.9 Å². The minimum absolute atomic E-state index is 0.0916. The fourth-order valence-corrected chi connectivity index (χ4v) is 5.17. The van der Waals surface area contributed by atoms with Crippen LogP contribution in [0.2, 0.25) is 0 Å². The van der Waals surface area contributed by atoms with E-state index < -0.39 is 20.7 Å². The molecule has 1 amide bonds. The molecule has 1 aliphatic heterocycles. The summed E-state index contributed by atoms with van der Waals surface area (Å²) in [6.45, 7) is 2.27. The van der Waals surface area contributed by atoms with Crippen LogP contribution in [-0.2, 0) is 14.8 Å². The van der Waals surface area contributed by atoms with E-state index in [9.17, 15) is 13.2 Å². The van der Waals surface area contributed by atoms with Crippen molar-refractivity contribution in [2.24, 2.45) is 5.92 Å². The van der Waals surface area contributed by atoms with Gasteiger partial charge in [-0.3, -0.25) is 4.79 Å². The number of nitrogens with zero attached hydrogens (tertiary/aromatic N) is 1. The van der Waals surface area contributed by atoms with E-state index in [4.69, 9.17) is 4.74 Å². The molecule has 2 aliphatic rings. The van der Waals surface area contributed by atoms with E-state index in [-0.39, 0.29) is 5.92 Å². The van der Waals surface area contributed by atoms with Crippen molar-refractivity contribution in [2.75, 3.05) is 26.0 Å². The zero-order valence-corrected chi connectivity index (χ0v) is 13.0. The minimum Gasteiger partial charge on any atom is -0.497 e. The Morgan fingerprint density at radius 3 is 2.71 bits per heavy atom. The Bertz CT molecular complexity index is 716. The van der Waals surface area contributed by atoms with Gasteiger partial charge in [-0.05, 0) is 37.1 Å². The number of carbonyl (C=O) groups is 1. The molecule has 0 spiro atoms. The molecule has 2 fully saturated rings. The molecule has 1 aromatic rings. The average molecular weight is 310 g/mol. The van der Waals surface area contributed by atoms with E-state index in [1.165, 1.54) is 11.4 Å². The smallest absolute Gasteiger partial charge is 0.247 e. The SMILES string of the molecule is COc1ccc(NC(=O)C23CC2CN(C)S3(=O)=O)c(C)c1. The summed E-state index contributed by atoms with van der Waals surface area (Å²) in [6, 6.07) is 5.26. The summed E-state index contributed by atoms with van der Waals surface area (Å²) < 4.78 is 29.8. The Labute approximate surface area is 124 Å². The molecule has 6 nitrogen and oxygen atoms in total. The van der Waals surface area contributed by atoms with Gasteiger partial charge in [0, 0.05) is 25.2 Å². The lowest BCUT2D eigenvalue weighted by Crippen LogP contribution is -2.40. The van der Waals surface area contributed by atoms with Crippen LogP contribution in [0.1, 0.15) is 12.0 Å². The number of aryl methyl sites for hydroxylation is 1. The molecular weight excluding hydrogens is 292 g/mol. The van der Waals surface area contributed by atoms with E-state index in [0.717, 1.165) is 5.56 Å². The van der Waals surface area contributed by atoms with Crippen molar-refractivity contribution >= 4 is 21.6 Å². The molecule has 0 aromatic heterocycles. The molecule has 1 aliphatic carbocycles. The second-order valence-corrected chi connectivity index (χ2v) is 8.01. The maximum absolute atomic E-state index is 12.5. The van der Waals surface area contributed by atoms with Gasteiger partial charge in [-0.15, -0.1) is 0 Å². The molecule has 7 heteroatoms. The number of rotatable bonds is 3. The maximum Gasteiger partial charge on any atom is 0.247 e. The maximum atomic E-state index is 12.5. The number of hydrogen-bond donors (Lipinski definition) is 1. The first-order valence-corrected chi connectivity index (χ1v) is 8.19. The third kappa shape index (κ3) is 1.87. The number of amides is 1. The van der Waals surface area contributed by atoms with E-state index >= 15 is 0 Å². The van der Waals surface area contributed by atoms with Crippen molar-refractivity contribution in [1.29, 1.82) is 0 Å². The molecule has 1 saturated carbocycles. The third-order valence-corrected chi connectivity index (χ3v) is 7.04. The summed E-state index contributed by atoms with van der Waals surface area (Å²) in [5.74, 6) is 0.178. The molecule has 1 saturated heterocycles. The Morgan fingerprint density at radius 2 is 2.19 bits per heavy atom. The summed E-state index contributed by atoms with van der Waals surface area (Å²) in [4.78, 5) is 12.5. The van der Waals surface area contributed by atoms with Crippen LogP contribution in [0.25, 0.3) is 0 Å². The van der Waals surface area contributed by atoms with Crippen LogP contribution >= 0.6 is 0 Å². The largest absolute Gasteiger partial charge is 0.497 e. The standard InChI is InChI=1S/C14H18N2O4S/c1-9-6-11(20-3)4-5-12(9)15-13(17)14-7-10(14)8-16(2)21(14,18)19/h4-6,10H,7-8H2,1-3H3,(H,15,17). The zero-order valence-electron chi connectivity index (χ0n) is 12.2. The first-order chi connectivity index (χ1) is 9.82. The quantitative estimate of drug-likeness (QED) is 0.903. The van der Waals surface area contributed by atoms with Gasteiger partial charge in [0.25, 0.3) is 0 Å². The molecule has 0 radical (unpaired) electrons. The summed E-state index contributed by atoms with van der Waals surface area (Å²) in [7, 11) is -0.446. The summed E-state index contributed by atoms with van der Waals surface area (Å²) in [5, 5.41) is 2.76. The number of nitrogens with one attached hydrogen (secondary N) is 1. The number of methoxy groups -OCH3 is 1. The van der Waals surface area contributed by atoms with Crippen molar-refractivity contribution in [3.63, 3.8) is 0 Å².